The van der Waals surface area contributed by atoms with Crippen molar-refractivity contribution in [1.82, 2.24) is 10.3 Å². The van der Waals surface area contributed by atoms with E-state index in [1.54, 1.807) is 12.4 Å². The molecule has 0 spiro atoms. The van der Waals surface area contributed by atoms with Gasteiger partial charge in [-0.25, -0.2) is 0 Å². The number of carbonyl (C=O) groups excluding carboxylic acids is 1. The van der Waals surface area contributed by atoms with Crippen LogP contribution in [0.5, 0.6) is 0 Å². The summed E-state index contributed by atoms with van der Waals surface area (Å²) in [7, 11) is 1.51. The van der Waals surface area contributed by atoms with Gasteiger partial charge in [0.05, 0.1) is 12.7 Å². The SMILES string of the molecule is COCC(O)CNC(=O)CCc1cccnc1. The lowest BCUT2D eigenvalue weighted by Gasteiger charge is -2.10. The molecule has 5 heteroatoms. The van der Waals surface area contributed by atoms with Crippen LogP contribution in [0.3, 0.4) is 0 Å². The van der Waals surface area contributed by atoms with E-state index in [0.29, 0.717) is 12.8 Å². The number of aryl methyl sites for hydroxylation is 1. The maximum Gasteiger partial charge on any atom is 0.220 e. The van der Waals surface area contributed by atoms with Gasteiger partial charge < -0.3 is 15.2 Å². The molecule has 1 rings (SSSR count). The van der Waals surface area contributed by atoms with Gasteiger partial charge in [0.1, 0.15) is 0 Å². The molecule has 0 radical (unpaired) electrons. The van der Waals surface area contributed by atoms with Crippen LogP contribution < -0.4 is 5.32 Å². The Bertz CT molecular complexity index is 330. The van der Waals surface area contributed by atoms with E-state index < -0.39 is 6.10 Å². The molecule has 1 aromatic heterocycles. The molecule has 0 saturated heterocycles. The van der Waals surface area contributed by atoms with Crippen LogP contribution in [0.4, 0.5) is 0 Å². The van der Waals surface area contributed by atoms with E-state index in [4.69, 9.17) is 4.74 Å². The second-order valence-corrected chi connectivity index (χ2v) is 3.77. The fourth-order valence-corrected chi connectivity index (χ4v) is 1.38. The smallest absolute Gasteiger partial charge is 0.220 e. The summed E-state index contributed by atoms with van der Waals surface area (Å²) >= 11 is 0. The van der Waals surface area contributed by atoms with Crippen molar-refractivity contribution < 1.29 is 14.6 Å². The molecule has 0 fully saturated rings. The zero-order valence-corrected chi connectivity index (χ0v) is 9.93. The van der Waals surface area contributed by atoms with Crippen molar-refractivity contribution in [3.8, 4) is 0 Å². The summed E-state index contributed by atoms with van der Waals surface area (Å²) in [5.41, 5.74) is 1.03. The van der Waals surface area contributed by atoms with Crippen LogP contribution in [0.2, 0.25) is 0 Å². The summed E-state index contributed by atoms with van der Waals surface area (Å²) in [5, 5.41) is 12.0. The molecule has 1 atom stereocenters. The first kappa shape index (κ1) is 13.6. The maximum atomic E-state index is 11.4. The van der Waals surface area contributed by atoms with Crippen molar-refractivity contribution in [2.45, 2.75) is 18.9 Å². The largest absolute Gasteiger partial charge is 0.389 e. The molecule has 1 unspecified atom stereocenters. The number of rotatable bonds is 7. The van der Waals surface area contributed by atoms with Gasteiger partial charge in [-0.3, -0.25) is 9.78 Å². The third-order valence-corrected chi connectivity index (χ3v) is 2.26. The summed E-state index contributed by atoms with van der Waals surface area (Å²) in [6.07, 6.45) is 3.84. The topological polar surface area (TPSA) is 71.5 Å². The van der Waals surface area contributed by atoms with E-state index in [2.05, 4.69) is 10.3 Å². The third kappa shape index (κ3) is 5.99. The molecule has 0 aromatic carbocycles. The Labute approximate surface area is 101 Å². The number of aliphatic hydroxyl groups is 1. The summed E-state index contributed by atoms with van der Waals surface area (Å²) in [4.78, 5) is 15.4. The number of aliphatic hydroxyl groups excluding tert-OH is 1. The highest BCUT2D eigenvalue weighted by Crippen LogP contribution is 1.99. The summed E-state index contributed by atoms with van der Waals surface area (Å²) in [6.45, 7) is 0.447. The van der Waals surface area contributed by atoms with Gasteiger partial charge in [-0.05, 0) is 18.1 Å². The minimum Gasteiger partial charge on any atom is -0.389 e. The molecule has 0 aliphatic heterocycles. The maximum absolute atomic E-state index is 11.4. The molecule has 1 amide bonds. The second-order valence-electron chi connectivity index (χ2n) is 3.77. The number of methoxy groups -OCH3 is 1. The zero-order valence-electron chi connectivity index (χ0n) is 9.93. The Morgan fingerprint density at radius 3 is 3.12 bits per heavy atom. The molecule has 0 aliphatic carbocycles. The van der Waals surface area contributed by atoms with Crippen molar-refractivity contribution in [2.75, 3.05) is 20.3 Å². The Hall–Kier alpha value is -1.46. The molecular weight excluding hydrogens is 220 g/mol. The first-order chi connectivity index (χ1) is 8.22. The van der Waals surface area contributed by atoms with Gasteiger partial charge in [0.25, 0.3) is 0 Å². The highest BCUT2D eigenvalue weighted by Gasteiger charge is 2.06. The molecule has 17 heavy (non-hydrogen) atoms. The van der Waals surface area contributed by atoms with Gasteiger partial charge in [0.15, 0.2) is 0 Å². The second kappa shape index (κ2) is 7.76. The molecular formula is C12H18N2O3. The van der Waals surface area contributed by atoms with Crippen molar-refractivity contribution in [2.24, 2.45) is 0 Å². The van der Waals surface area contributed by atoms with E-state index in [9.17, 15) is 9.90 Å². The Morgan fingerprint density at radius 2 is 2.47 bits per heavy atom. The van der Waals surface area contributed by atoms with Crippen LogP contribution in [0.25, 0.3) is 0 Å². The third-order valence-electron chi connectivity index (χ3n) is 2.26. The summed E-state index contributed by atoms with van der Waals surface area (Å²) in [6, 6.07) is 3.77. The Balaban J connectivity index is 2.17. The van der Waals surface area contributed by atoms with E-state index in [1.807, 2.05) is 12.1 Å². The number of aromatic nitrogens is 1. The minimum atomic E-state index is -0.651. The molecule has 1 heterocycles. The molecule has 94 valence electrons. The number of nitrogens with one attached hydrogen (secondary N) is 1. The molecule has 0 aliphatic rings. The number of hydrogen-bond acceptors (Lipinski definition) is 4. The molecule has 1 aromatic rings. The lowest BCUT2D eigenvalue weighted by Crippen LogP contribution is -2.34. The van der Waals surface area contributed by atoms with E-state index in [0.717, 1.165) is 5.56 Å². The van der Waals surface area contributed by atoms with Gasteiger partial charge in [-0.2, -0.15) is 0 Å². The number of pyridine rings is 1. The highest BCUT2D eigenvalue weighted by atomic mass is 16.5. The van der Waals surface area contributed by atoms with Crippen LogP contribution in [0.1, 0.15) is 12.0 Å². The fraction of sp³-hybridized carbons (Fsp3) is 0.500. The number of carbonyl (C=O) groups is 1. The van der Waals surface area contributed by atoms with E-state index >= 15 is 0 Å². The molecule has 5 nitrogen and oxygen atoms in total. The number of nitrogens with zero attached hydrogens (tertiary/aromatic N) is 1. The predicted molar refractivity (Wildman–Crippen MR) is 63.5 cm³/mol. The van der Waals surface area contributed by atoms with Gasteiger partial charge in [0, 0.05) is 32.5 Å². The highest BCUT2D eigenvalue weighted by molar-refractivity contribution is 5.76. The fourth-order valence-electron chi connectivity index (χ4n) is 1.38. The average molecular weight is 238 g/mol. The minimum absolute atomic E-state index is 0.0796. The van der Waals surface area contributed by atoms with Crippen LogP contribution in [0.15, 0.2) is 24.5 Å². The summed E-state index contributed by atoms with van der Waals surface area (Å²) in [5.74, 6) is -0.0796. The normalized spacial score (nSPS) is 12.1. The van der Waals surface area contributed by atoms with Crippen LogP contribution >= 0.6 is 0 Å². The predicted octanol–water partition coefficient (Wildman–Crippen LogP) is 0.138. The van der Waals surface area contributed by atoms with E-state index in [1.165, 1.54) is 7.11 Å². The number of hydrogen-bond donors (Lipinski definition) is 2. The summed E-state index contributed by atoms with van der Waals surface area (Å²) < 4.78 is 4.76. The van der Waals surface area contributed by atoms with Crippen molar-refractivity contribution in [1.29, 1.82) is 0 Å². The van der Waals surface area contributed by atoms with Crippen molar-refractivity contribution in [3.05, 3.63) is 30.1 Å². The van der Waals surface area contributed by atoms with E-state index in [-0.39, 0.29) is 19.1 Å². The molecule has 0 bridgehead atoms. The van der Waals surface area contributed by atoms with Crippen LogP contribution in [-0.4, -0.2) is 42.4 Å². The average Bonchev–Trinajstić information content (AvgIpc) is 2.35. The quantitative estimate of drug-likeness (QED) is 0.708. The standard InChI is InChI=1S/C12H18N2O3/c1-17-9-11(15)8-14-12(16)5-4-10-3-2-6-13-7-10/h2-3,6-7,11,15H,4-5,8-9H2,1H3,(H,14,16). The van der Waals surface area contributed by atoms with Gasteiger partial charge >= 0.3 is 0 Å². The number of amides is 1. The van der Waals surface area contributed by atoms with Gasteiger partial charge in [0.2, 0.25) is 5.91 Å². The molecule has 2 N–H and O–H groups in total. The monoisotopic (exact) mass is 238 g/mol. The van der Waals surface area contributed by atoms with Crippen molar-refractivity contribution >= 4 is 5.91 Å². The van der Waals surface area contributed by atoms with Crippen molar-refractivity contribution in [3.63, 3.8) is 0 Å². The van der Waals surface area contributed by atoms with Gasteiger partial charge in [-0.15, -0.1) is 0 Å². The van der Waals surface area contributed by atoms with Gasteiger partial charge in [-0.1, -0.05) is 6.07 Å². The number of ether oxygens (including phenoxy) is 1. The van der Waals surface area contributed by atoms with Crippen LogP contribution in [-0.2, 0) is 16.0 Å². The lowest BCUT2D eigenvalue weighted by atomic mass is 10.1. The zero-order chi connectivity index (χ0) is 12.5. The Morgan fingerprint density at radius 1 is 1.65 bits per heavy atom. The van der Waals surface area contributed by atoms with Crippen LogP contribution in [0, 0.1) is 0 Å². The lowest BCUT2D eigenvalue weighted by molar-refractivity contribution is -0.121. The first-order valence-corrected chi connectivity index (χ1v) is 5.55. The first-order valence-electron chi connectivity index (χ1n) is 5.55. The molecule has 0 saturated carbocycles. The Kier molecular flexibility index (Phi) is 6.21.